The van der Waals surface area contributed by atoms with Crippen molar-refractivity contribution in [3.63, 3.8) is 0 Å². The van der Waals surface area contributed by atoms with E-state index < -0.39 is 23.5 Å². The average molecular weight is 282 g/mol. The van der Waals surface area contributed by atoms with E-state index in [1.165, 1.54) is 6.08 Å². The first-order valence-electron chi connectivity index (χ1n) is 6.53. The molecule has 0 saturated carbocycles. The van der Waals surface area contributed by atoms with E-state index >= 15 is 0 Å². The molecule has 1 aliphatic heterocycles. The fraction of sp³-hybridized carbons (Fsp3) is 0.600. The van der Waals surface area contributed by atoms with Crippen LogP contribution in [0.1, 0.15) is 33.6 Å². The van der Waals surface area contributed by atoms with Crippen molar-refractivity contribution in [1.29, 1.82) is 0 Å². The Bertz CT molecular complexity index is 407. The highest BCUT2D eigenvalue weighted by atomic mass is 16.7. The van der Waals surface area contributed by atoms with E-state index in [4.69, 9.17) is 14.2 Å². The molecular weight excluding hydrogens is 260 g/mol. The molecule has 20 heavy (non-hydrogen) atoms. The molecule has 1 saturated heterocycles. The quantitative estimate of drug-likeness (QED) is 0.424. The minimum atomic E-state index is -1.64. The van der Waals surface area contributed by atoms with E-state index in [-0.39, 0.29) is 25.2 Å². The van der Waals surface area contributed by atoms with Gasteiger partial charge in [0.1, 0.15) is 5.60 Å². The van der Waals surface area contributed by atoms with Crippen molar-refractivity contribution in [3.05, 3.63) is 25.3 Å². The van der Waals surface area contributed by atoms with Gasteiger partial charge in [-0.3, -0.25) is 4.79 Å². The monoisotopic (exact) mass is 282 g/mol. The van der Waals surface area contributed by atoms with Gasteiger partial charge in [0, 0.05) is 6.42 Å². The lowest BCUT2D eigenvalue weighted by molar-refractivity contribution is -0.202. The Morgan fingerprint density at radius 3 is 2.60 bits per heavy atom. The first-order chi connectivity index (χ1) is 9.25. The largest absolute Gasteiger partial charge is 0.457 e. The molecule has 0 spiro atoms. The molecule has 5 nitrogen and oxygen atoms in total. The highest BCUT2D eigenvalue weighted by Crippen LogP contribution is 2.33. The van der Waals surface area contributed by atoms with Gasteiger partial charge in [-0.2, -0.15) is 0 Å². The second kappa shape index (κ2) is 6.33. The number of esters is 1. The van der Waals surface area contributed by atoms with Crippen LogP contribution in [-0.2, 0) is 23.8 Å². The molecule has 0 aliphatic carbocycles. The van der Waals surface area contributed by atoms with Gasteiger partial charge < -0.3 is 14.2 Å². The number of ketones is 1. The lowest BCUT2D eigenvalue weighted by Gasteiger charge is -2.29. The minimum Gasteiger partial charge on any atom is -0.457 e. The SMILES string of the molecule is C=CCOC1CC(=O)C(CC=C)(C(=O)OC(C)(C)C)O1. The molecule has 0 bridgehead atoms. The van der Waals surface area contributed by atoms with Crippen LogP contribution in [0.3, 0.4) is 0 Å². The Morgan fingerprint density at radius 2 is 2.10 bits per heavy atom. The lowest BCUT2D eigenvalue weighted by Crippen LogP contribution is -2.48. The summed E-state index contributed by atoms with van der Waals surface area (Å²) in [5, 5.41) is 0. The number of rotatable bonds is 6. The molecule has 2 unspecified atom stereocenters. The predicted molar refractivity (Wildman–Crippen MR) is 74.0 cm³/mol. The fourth-order valence-electron chi connectivity index (χ4n) is 1.89. The average Bonchev–Trinajstić information content (AvgIpc) is 2.63. The summed E-state index contributed by atoms with van der Waals surface area (Å²) in [6.07, 6.45) is 2.34. The summed E-state index contributed by atoms with van der Waals surface area (Å²) in [4.78, 5) is 24.5. The number of ether oxygens (including phenoxy) is 3. The molecule has 2 atom stereocenters. The molecule has 1 heterocycles. The minimum absolute atomic E-state index is 0.0148. The van der Waals surface area contributed by atoms with Crippen LogP contribution in [0.4, 0.5) is 0 Å². The first-order valence-corrected chi connectivity index (χ1v) is 6.53. The summed E-state index contributed by atoms with van der Waals surface area (Å²) in [6.45, 7) is 12.5. The Morgan fingerprint density at radius 1 is 1.45 bits per heavy atom. The summed E-state index contributed by atoms with van der Waals surface area (Å²) in [5.74, 6) is -1.04. The van der Waals surface area contributed by atoms with Gasteiger partial charge in [-0.25, -0.2) is 4.79 Å². The first kappa shape index (κ1) is 16.6. The molecule has 1 aliphatic rings. The molecule has 0 aromatic carbocycles. The number of hydrogen-bond acceptors (Lipinski definition) is 5. The lowest BCUT2D eigenvalue weighted by atomic mass is 9.94. The van der Waals surface area contributed by atoms with Crippen molar-refractivity contribution < 1.29 is 23.8 Å². The van der Waals surface area contributed by atoms with Crippen LogP contribution >= 0.6 is 0 Å². The molecule has 0 radical (unpaired) electrons. The molecule has 5 heteroatoms. The zero-order valence-corrected chi connectivity index (χ0v) is 12.3. The third-order valence-corrected chi connectivity index (χ3v) is 2.70. The van der Waals surface area contributed by atoms with E-state index in [0.717, 1.165) is 0 Å². The summed E-state index contributed by atoms with van der Waals surface area (Å²) in [5.41, 5.74) is -2.34. The molecule has 0 N–H and O–H groups in total. The van der Waals surface area contributed by atoms with E-state index in [2.05, 4.69) is 13.2 Å². The number of hydrogen-bond donors (Lipinski definition) is 0. The molecule has 0 aromatic rings. The fourth-order valence-corrected chi connectivity index (χ4v) is 1.89. The van der Waals surface area contributed by atoms with E-state index in [0.29, 0.717) is 0 Å². The van der Waals surface area contributed by atoms with Gasteiger partial charge in [-0.15, -0.1) is 13.2 Å². The van der Waals surface area contributed by atoms with Crippen LogP contribution in [0, 0.1) is 0 Å². The van der Waals surface area contributed by atoms with Crippen molar-refractivity contribution >= 4 is 11.8 Å². The van der Waals surface area contributed by atoms with Gasteiger partial charge in [-0.1, -0.05) is 12.2 Å². The second-order valence-corrected chi connectivity index (χ2v) is 5.62. The van der Waals surface area contributed by atoms with E-state index in [1.807, 2.05) is 0 Å². The highest BCUT2D eigenvalue weighted by molar-refractivity contribution is 6.09. The van der Waals surface area contributed by atoms with Crippen LogP contribution in [0.15, 0.2) is 25.3 Å². The summed E-state index contributed by atoms with van der Waals surface area (Å²) < 4.78 is 16.1. The standard InChI is InChI=1S/C15H22O5/c1-6-8-15(13(17)20-14(3,4)5)11(16)10-12(19-15)18-9-7-2/h6-7,12H,1-2,8-10H2,3-5H3. The van der Waals surface area contributed by atoms with Crippen LogP contribution < -0.4 is 0 Å². The van der Waals surface area contributed by atoms with Gasteiger partial charge in [0.05, 0.1) is 13.0 Å². The normalized spacial score (nSPS) is 26.4. The van der Waals surface area contributed by atoms with Crippen molar-refractivity contribution in [2.75, 3.05) is 6.61 Å². The van der Waals surface area contributed by atoms with Gasteiger partial charge in [0.25, 0.3) is 0 Å². The van der Waals surface area contributed by atoms with Crippen LogP contribution in [0.5, 0.6) is 0 Å². The maximum atomic E-state index is 12.3. The van der Waals surface area contributed by atoms with Crippen LogP contribution in [0.25, 0.3) is 0 Å². The van der Waals surface area contributed by atoms with Gasteiger partial charge in [0.15, 0.2) is 12.1 Å². The topological polar surface area (TPSA) is 61.8 Å². The Labute approximate surface area is 119 Å². The highest BCUT2D eigenvalue weighted by Gasteiger charge is 2.55. The second-order valence-electron chi connectivity index (χ2n) is 5.62. The summed E-state index contributed by atoms with van der Waals surface area (Å²) in [7, 11) is 0. The van der Waals surface area contributed by atoms with E-state index in [9.17, 15) is 9.59 Å². The molecule has 0 amide bonds. The smallest absolute Gasteiger partial charge is 0.347 e. The maximum Gasteiger partial charge on any atom is 0.347 e. The molecular formula is C15H22O5. The molecule has 0 aromatic heterocycles. The zero-order valence-electron chi connectivity index (χ0n) is 12.3. The molecule has 1 rings (SSSR count). The Kier molecular flexibility index (Phi) is 5.25. The Balaban J connectivity index is 2.91. The van der Waals surface area contributed by atoms with Crippen molar-refractivity contribution in [2.24, 2.45) is 0 Å². The van der Waals surface area contributed by atoms with Gasteiger partial charge in [-0.05, 0) is 20.8 Å². The summed E-state index contributed by atoms with van der Waals surface area (Å²) >= 11 is 0. The third kappa shape index (κ3) is 3.77. The van der Waals surface area contributed by atoms with E-state index in [1.54, 1.807) is 26.8 Å². The van der Waals surface area contributed by atoms with Crippen molar-refractivity contribution in [1.82, 2.24) is 0 Å². The maximum absolute atomic E-state index is 12.3. The molecule has 112 valence electrons. The van der Waals surface area contributed by atoms with Crippen LogP contribution in [-0.4, -0.2) is 35.9 Å². The van der Waals surface area contributed by atoms with Crippen LogP contribution in [0.2, 0.25) is 0 Å². The van der Waals surface area contributed by atoms with Gasteiger partial charge >= 0.3 is 5.97 Å². The molecule has 1 fully saturated rings. The number of Topliss-reactive ketones (excluding diaryl/α,β-unsaturated/α-hetero) is 1. The number of carbonyl (C=O) groups excluding carboxylic acids is 2. The zero-order chi connectivity index (χ0) is 15.4. The Hall–Kier alpha value is -1.46. The number of carbonyl (C=O) groups is 2. The summed E-state index contributed by atoms with van der Waals surface area (Å²) in [6, 6.07) is 0. The predicted octanol–water partition coefficient (Wildman–Crippen LogP) is 2.16. The van der Waals surface area contributed by atoms with Gasteiger partial charge in [0.2, 0.25) is 5.60 Å². The third-order valence-electron chi connectivity index (χ3n) is 2.70. The van der Waals surface area contributed by atoms with Crippen molar-refractivity contribution in [3.8, 4) is 0 Å². The van der Waals surface area contributed by atoms with Crippen molar-refractivity contribution in [2.45, 2.75) is 51.1 Å².